The van der Waals surface area contributed by atoms with E-state index in [0.29, 0.717) is 16.0 Å². The molecule has 1 aromatic carbocycles. The normalized spacial score (nSPS) is 10.2. The number of carbonyl (C=O) groups is 2. The number of nitrogens with zero attached hydrogens (tertiary/aromatic N) is 2. The number of nitrogens with one attached hydrogen (secondary N) is 2. The number of imide groups is 1. The van der Waals surface area contributed by atoms with Crippen LogP contribution < -0.4 is 16.4 Å². The van der Waals surface area contributed by atoms with Gasteiger partial charge in [0, 0.05) is 6.54 Å². The van der Waals surface area contributed by atoms with Crippen LogP contribution in [-0.4, -0.2) is 27.9 Å². The molecular formula is C12H12FN5O2S2. The minimum atomic E-state index is -0.885. The van der Waals surface area contributed by atoms with E-state index in [-0.39, 0.29) is 11.6 Å². The largest absolute Gasteiger partial charge is 0.356 e. The first-order chi connectivity index (χ1) is 10.5. The molecule has 1 heterocycles. The van der Waals surface area contributed by atoms with Crippen molar-refractivity contribution in [3.63, 3.8) is 0 Å². The van der Waals surface area contributed by atoms with Crippen molar-refractivity contribution in [1.82, 2.24) is 15.5 Å². The summed E-state index contributed by atoms with van der Waals surface area (Å²) >= 11 is 2.43. The molecule has 0 aliphatic heterocycles. The Kier molecular flexibility index (Phi) is 5.67. The molecule has 2 aromatic rings. The van der Waals surface area contributed by atoms with E-state index in [1.165, 1.54) is 23.5 Å². The molecule has 0 unspecified atom stereocenters. The van der Waals surface area contributed by atoms with Crippen molar-refractivity contribution in [1.29, 1.82) is 0 Å². The number of aromatic nitrogens is 2. The lowest BCUT2D eigenvalue weighted by Gasteiger charge is -2.01. The molecule has 0 saturated carbocycles. The fourth-order valence-electron chi connectivity index (χ4n) is 1.42. The Hall–Kier alpha value is -2.20. The first-order valence-corrected chi connectivity index (χ1v) is 7.87. The molecule has 7 nitrogen and oxygen atoms in total. The third-order valence-electron chi connectivity index (χ3n) is 2.35. The van der Waals surface area contributed by atoms with Gasteiger partial charge in [0.1, 0.15) is 5.82 Å². The monoisotopic (exact) mass is 341 g/mol. The number of hydrogen-bond donors (Lipinski definition) is 3. The average Bonchev–Trinajstić information content (AvgIpc) is 2.92. The fraction of sp³-hybridized carbons (Fsp3) is 0.167. The molecule has 22 heavy (non-hydrogen) atoms. The van der Waals surface area contributed by atoms with E-state index >= 15 is 0 Å². The zero-order valence-electron chi connectivity index (χ0n) is 11.2. The summed E-state index contributed by atoms with van der Waals surface area (Å²) < 4.78 is 13.4. The van der Waals surface area contributed by atoms with Crippen LogP contribution in [0.4, 0.5) is 14.3 Å². The Morgan fingerprint density at radius 3 is 2.68 bits per heavy atom. The minimum Gasteiger partial charge on any atom is -0.356 e. The number of carbonyl (C=O) groups excluding carboxylic acids is 2. The van der Waals surface area contributed by atoms with Crippen molar-refractivity contribution in [3.05, 3.63) is 35.6 Å². The maximum absolute atomic E-state index is 12.8. The smallest absolute Gasteiger partial charge is 0.318 e. The summed E-state index contributed by atoms with van der Waals surface area (Å²) in [4.78, 5) is 21.7. The Morgan fingerprint density at radius 1 is 1.27 bits per heavy atom. The minimum absolute atomic E-state index is 0.0233. The number of rotatable bonds is 6. The Morgan fingerprint density at radius 2 is 2.00 bits per heavy atom. The van der Waals surface area contributed by atoms with Gasteiger partial charge in [0.15, 0.2) is 4.34 Å². The van der Waals surface area contributed by atoms with Crippen LogP contribution in [0.1, 0.15) is 5.56 Å². The van der Waals surface area contributed by atoms with E-state index in [9.17, 15) is 14.0 Å². The van der Waals surface area contributed by atoms with Gasteiger partial charge in [-0.15, -0.1) is 10.2 Å². The average molecular weight is 341 g/mol. The predicted molar refractivity (Wildman–Crippen MR) is 82.1 cm³/mol. The van der Waals surface area contributed by atoms with Gasteiger partial charge in [-0.2, -0.15) is 0 Å². The Balaban J connectivity index is 1.80. The molecule has 0 aliphatic carbocycles. The maximum atomic E-state index is 12.8. The van der Waals surface area contributed by atoms with Gasteiger partial charge in [-0.1, -0.05) is 35.2 Å². The molecule has 0 atom stereocenters. The number of primary amides is 1. The molecule has 116 valence electrons. The van der Waals surface area contributed by atoms with Crippen LogP contribution in [0.3, 0.4) is 0 Å². The number of halogens is 1. The van der Waals surface area contributed by atoms with Gasteiger partial charge in [0.25, 0.3) is 0 Å². The molecule has 0 fully saturated rings. The van der Waals surface area contributed by atoms with Crippen LogP contribution in [0.15, 0.2) is 28.6 Å². The van der Waals surface area contributed by atoms with Gasteiger partial charge in [-0.05, 0) is 17.7 Å². The number of hydrogen-bond acceptors (Lipinski definition) is 7. The lowest BCUT2D eigenvalue weighted by atomic mass is 10.2. The van der Waals surface area contributed by atoms with Gasteiger partial charge < -0.3 is 11.1 Å². The van der Waals surface area contributed by atoms with E-state index in [0.717, 1.165) is 17.3 Å². The highest BCUT2D eigenvalue weighted by atomic mass is 32.2. The number of amides is 3. The third-order valence-corrected chi connectivity index (χ3v) is 4.37. The highest BCUT2D eigenvalue weighted by Gasteiger charge is 2.09. The first-order valence-electron chi connectivity index (χ1n) is 6.07. The third kappa shape index (κ3) is 5.30. The molecule has 0 spiro atoms. The zero-order valence-corrected chi connectivity index (χ0v) is 12.8. The summed E-state index contributed by atoms with van der Waals surface area (Å²) in [6, 6.07) is 5.23. The molecule has 0 radical (unpaired) electrons. The number of nitrogens with two attached hydrogens (primary N) is 1. The second-order valence-electron chi connectivity index (χ2n) is 4.05. The highest BCUT2D eigenvalue weighted by molar-refractivity contribution is 8.01. The summed E-state index contributed by atoms with van der Waals surface area (Å²) in [6.07, 6.45) is 0. The molecule has 0 saturated heterocycles. The summed E-state index contributed by atoms with van der Waals surface area (Å²) in [5, 5.41) is 13.4. The Bertz CT molecular complexity index is 662. The number of urea groups is 1. The van der Waals surface area contributed by atoms with E-state index in [1.807, 2.05) is 5.32 Å². The van der Waals surface area contributed by atoms with Crippen LogP contribution in [0.2, 0.25) is 0 Å². The zero-order chi connectivity index (χ0) is 15.9. The molecule has 0 aliphatic rings. The van der Waals surface area contributed by atoms with Crippen LogP contribution in [0.5, 0.6) is 0 Å². The van der Waals surface area contributed by atoms with Crippen molar-refractivity contribution in [2.45, 2.75) is 10.9 Å². The second-order valence-corrected chi connectivity index (χ2v) is 6.25. The van der Waals surface area contributed by atoms with Crippen LogP contribution >= 0.6 is 23.1 Å². The molecule has 3 amide bonds. The van der Waals surface area contributed by atoms with Crippen LogP contribution in [-0.2, 0) is 11.3 Å². The topological polar surface area (TPSA) is 110 Å². The number of thioether (sulfide) groups is 1. The molecule has 0 bridgehead atoms. The lowest BCUT2D eigenvalue weighted by Crippen LogP contribution is -2.36. The van der Waals surface area contributed by atoms with Crippen molar-refractivity contribution >= 4 is 40.2 Å². The van der Waals surface area contributed by atoms with E-state index in [1.54, 1.807) is 12.1 Å². The standard InChI is InChI=1S/C12H12FN5O2S2/c13-8-3-1-7(2-4-8)5-15-11-17-18-12(22-11)21-6-9(19)16-10(14)20/h1-4H,5-6H2,(H,15,17)(H3,14,16,19,20). The summed E-state index contributed by atoms with van der Waals surface area (Å²) in [5.74, 6) is -0.753. The Labute approximate surface area is 133 Å². The fourth-order valence-corrected chi connectivity index (χ4v) is 2.97. The molecule has 10 heteroatoms. The van der Waals surface area contributed by atoms with E-state index < -0.39 is 11.9 Å². The van der Waals surface area contributed by atoms with Crippen LogP contribution in [0, 0.1) is 5.82 Å². The molecule has 4 N–H and O–H groups in total. The van der Waals surface area contributed by atoms with Crippen molar-refractivity contribution < 1.29 is 14.0 Å². The second kappa shape index (κ2) is 7.71. The van der Waals surface area contributed by atoms with Crippen molar-refractivity contribution in [2.75, 3.05) is 11.1 Å². The quantitative estimate of drug-likeness (QED) is 0.688. The van der Waals surface area contributed by atoms with E-state index in [2.05, 4.69) is 15.5 Å². The summed E-state index contributed by atoms with van der Waals surface area (Å²) in [7, 11) is 0. The van der Waals surface area contributed by atoms with Gasteiger partial charge in [-0.25, -0.2) is 9.18 Å². The van der Waals surface area contributed by atoms with Gasteiger partial charge in [0.05, 0.1) is 5.75 Å². The van der Waals surface area contributed by atoms with Gasteiger partial charge >= 0.3 is 6.03 Å². The van der Waals surface area contributed by atoms with Crippen molar-refractivity contribution in [3.8, 4) is 0 Å². The predicted octanol–water partition coefficient (Wildman–Crippen LogP) is 1.58. The molecule has 1 aromatic heterocycles. The maximum Gasteiger partial charge on any atom is 0.318 e. The SMILES string of the molecule is NC(=O)NC(=O)CSc1nnc(NCc2ccc(F)cc2)s1. The number of anilines is 1. The number of benzene rings is 1. The van der Waals surface area contributed by atoms with Gasteiger partial charge in [0.2, 0.25) is 11.0 Å². The molecule has 2 rings (SSSR count). The summed E-state index contributed by atoms with van der Waals surface area (Å²) in [5.41, 5.74) is 5.74. The first kappa shape index (κ1) is 16.2. The van der Waals surface area contributed by atoms with E-state index in [4.69, 9.17) is 5.73 Å². The lowest BCUT2D eigenvalue weighted by molar-refractivity contribution is -0.117. The highest BCUT2D eigenvalue weighted by Crippen LogP contribution is 2.25. The van der Waals surface area contributed by atoms with Gasteiger partial charge in [-0.3, -0.25) is 10.1 Å². The summed E-state index contributed by atoms with van der Waals surface area (Å²) in [6.45, 7) is 0.488. The molecular weight excluding hydrogens is 329 g/mol. The van der Waals surface area contributed by atoms with Crippen LogP contribution in [0.25, 0.3) is 0 Å². The van der Waals surface area contributed by atoms with Crippen molar-refractivity contribution in [2.24, 2.45) is 5.73 Å².